The molecule has 41 heavy (non-hydrogen) atoms. The lowest BCUT2D eigenvalue weighted by Crippen LogP contribution is -2.37. The van der Waals surface area contributed by atoms with Crippen LogP contribution in [0.1, 0.15) is 22.7 Å². The number of rotatable bonds is 7. The lowest BCUT2D eigenvalue weighted by Gasteiger charge is -2.17. The first kappa shape index (κ1) is 28.4. The predicted molar refractivity (Wildman–Crippen MR) is 133 cm³/mol. The number of aromatic nitrogens is 7. The maximum atomic E-state index is 13.7. The summed E-state index contributed by atoms with van der Waals surface area (Å²) in [7, 11) is 0. The van der Waals surface area contributed by atoms with Gasteiger partial charge < -0.3 is 10.0 Å². The minimum absolute atomic E-state index is 0.00858. The van der Waals surface area contributed by atoms with Gasteiger partial charge in [-0.1, -0.05) is 11.6 Å². The van der Waals surface area contributed by atoms with Crippen molar-refractivity contribution in [2.24, 2.45) is 0 Å². The Morgan fingerprint density at radius 2 is 1.85 bits per heavy atom. The largest absolute Gasteiger partial charge is 0.416 e. The van der Waals surface area contributed by atoms with Crippen molar-refractivity contribution >= 4 is 17.5 Å². The first-order chi connectivity index (χ1) is 19.3. The zero-order valence-electron chi connectivity index (χ0n) is 20.8. The number of aliphatic hydroxyl groups excluding tert-OH is 1. The molecule has 0 bridgehead atoms. The van der Waals surface area contributed by atoms with Crippen LogP contribution in [-0.2, 0) is 13.1 Å². The number of nitrogens with zero attached hydrogens (tertiary/aromatic N) is 8. The predicted octanol–water partition coefficient (Wildman–Crippen LogP) is 2.79. The van der Waals surface area contributed by atoms with Crippen LogP contribution in [0.3, 0.4) is 0 Å². The average molecular weight is 599 g/mol. The number of alkyl halides is 5. The van der Waals surface area contributed by atoms with Crippen LogP contribution < -0.4 is 5.69 Å². The van der Waals surface area contributed by atoms with Crippen molar-refractivity contribution in [1.82, 2.24) is 39.0 Å². The van der Waals surface area contributed by atoms with Crippen molar-refractivity contribution in [3.8, 4) is 17.1 Å². The highest BCUT2D eigenvalue weighted by Crippen LogP contribution is 2.28. The number of hydrogen-bond donors (Lipinski definition) is 1. The van der Waals surface area contributed by atoms with Crippen molar-refractivity contribution in [2.45, 2.75) is 37.7 Å². The summed E-state index contributed by atoms with van der Waals surface area (Å²) < 4.78 is 69.3. The summed E-state index contributed by atoms with van der Waals surface area (Å²) in [5, 5.41) is 18.4. The monoisotopic (exact) mass is 598 g/mol. The molecule has 1 aromatic carbocycles. The van der Waals surface area contributed by atoms with Crippen molar-refractivity contribution < 1.29 is 31.9 Å². The Morgan fingerprint density at radius 1 is 1.12 bits per heavy atom. The molecule has 216 valence electrons. The van der Waals surface area contributed by atoms with E-state index >= 15 is 0 Å². The topological polar surface area (TPSA) is 124 Å². The van der Waals surface area contributed by atoms with Gasteiger partial charge in [-0.05, 0) is 36.4 Å². The summed E-state index contributed by atoms with van der Waals surface area (Å²) in [4.78, 5) is 35.1. The van der Waals surface area contributed by atoms with Crippen LogP contribution in [-0.4, -0.2) is 81.3 Å². The van der Waals surface area contributed by atoms with E-state index in [1.165, 1.54) is 53.6 Å². The van der Waals surface area contributed by atoms with E-state index in [1.807, 2.05) is 0 Å². The molecule has 11 nitrogen and oxygen atoms in total. The highest BCUT2D eigenvalue weighted by molar-refractivity contribution is 6.30. The first-order valence-corrected chi connectivity index (χ1v) is 12.4. The van der Waals surface area contributed by atoms with Gasteiger partial charge in [-0.3, -0.25) is 9.36 Å². The van der Waals surface area contributed by atoms with E-state index in [0.29, 0.717) is 9.59 Å². The molecule has 0 radical (unpaired) electrons. The van der Waals surface area contributed by atoms with Crippen LogP contribution in [0.4, 0.5) is 22.0 Å². The van der Waals surface area contributed by atoms with Gasteiger partial charge in [0, 0.05) is 29.7 Å². The third kappa shape index (κ3) is 5.97. The van der Waals surface area contributed by atoms with Gasteiger partial charge in [0.25, 0.3) is 11.8 Å². The molecular weight excluding hydrogens is 579 g/mol. The molecule has 5 rings (SSSR count). The highest BCUT2D eigenvalue weighted by Gasteiger charge is 2.41. The highest BCUT2D eigenvalue weighted by atomic mass is 35.5. The Balaban J connectivity index is 1.45. The minimum Gasteiger partial charge on any atom is -0.382 e. The molecular formula is C24H20ClF5N8O3. The Labute approximate surface area is 232 Å². The standard InChI is InChI=1S/C24H20ClF5N8O3/c25-15-5-3-14(4-6-15)20-34-37(22(41)36(20)10-17(39)24(28,29)30)11-18-32-13-38(33-18)16-2-1-8-31-19(16)21(40)35-9-7-23(26,27)12-35/h1-6,8,13,17,39H,7,9-12H2. The van der Waals surface area contributed by atoms with Crippen molar-refractivity contribution in [3.63, 3.8) is 0 Å². The molecule has 1 fully saturated rings. The molecule has 1 N–H and O–H groups in total. The lowest BCUT2D eigenvalue weighted by atomic mass is 10.2. The van der Waals surface area contributed by atoms with E-state index in [9.17, 15) is 36.6 Å². The molecule has 0 saturated carbocycles. The van der Waals surface area contributed by atoms with E-state index in [2.05, 4.69) is 20.2 Å². The van der Waals surface area contributed by atoms with Crippen LogP contribution in [0.5, 0.6) is 0 Å². The van der Waals surface area contributed by atoms with Crippen molar-refractivity contribution in [3.05, 3.63) is 75.9 Å². The van der Waals surface area contributed by atoms with Gasteiger partial charge in [-0.15, -0.1) is 10.2 Å². The molecule has 4 aromatic rings. The van der Waals surface area contributed by atoms with Crippen LogP contribution in [0.25, 0.3) is 17.1 Å². The van der Waals surface area contributed by atoms with Crippen LogP contribution in [0.2, 0.25) is 5.02 Å². The number of carbonyl (C=O) groups is 1. The number of carbonyl (C=O) groups excluding carboxylic acids is 1. The van der Waals surface area contributed by atoms with Gasteiger partial charge in [-0.2, -0.15) is 13.2 Å². The lowest BCUT2D eigenvalue weighted by molar-refractivity contribution is -0.207. The van der Waals surface area contributed by atoms with Gasteiger partial charge in [0.05, 0.1) is 18.8 Å². The number of pyridine rings is 1. The number of likely N-dealkylation sites (tertiary alicyclic amines) is 1. The van der Waals surface area contributed by atoms with E-state index in [1.54, 1.807) is 0 Å². The molecule has 3 aromatic heterocycles. The van der Waals surface area contributed by atoms with Gasteiger partial charge in [-0.25, -0.2) is 32.9 Å². The van der Waals surface area contributed by atoms with E-state index in [0.717, 1.165) is 9.58 Å². The third-order valence-corrected chi connectivity index (χ3v) is 6.53. The summed E-state index contributed by atoms with van der Waals surface area (Å²) in [5.74, 6) is -3.88. The number of amides is 1. The molecule has 0 spiro atoms. The molecule has 1 atom stereocenters. The third-order valence-electron chi connectivity index (χ3n) is 6.28. The molecule has 0 aliphatic carbocycles. The number of benzene rings is 1. The number of hydrogen-bond acceptors (Lipinski definition) is 7. The fourth-order valence-corrected chi connectivity index (χ4v) is 4.35. The van der Waals surface area contributed by atoms with E-state index < -0.39 is 49.3 Å². The summed E-state index contributed by atoms with van der Waals surface area (Å²) >= 11 is 5.90. The maximum absolute atomic E-state index is 13.7. The second-order valence-corrected chi connectivity index (χ2v) is 9.68. The maximum Gasteiger partial charge on any atom is 0.416 e. The zero-order valence-corrected chi connectivity index (χ0v) is 21.6. The molecule has 17 heteroatoms. The van der Waals surface area contributed by atoms with Gasteiger partial charge in [0.15, 0.2) is 23.4 Å². The summed E-state index contributed by atoms with van der Waals surface area (Å²) in [6, 6.07) is 8.81. The SMILES string of the molecule is O=C(c1ncccc1-n1cnc(Cn2nc(-c3ccc(Cl)cc3)n(CC(O)C(F)(F)F)c2=O)n1)N1CCC(F)(F)C1. The summed E-state index contributed by atoms with van der Waals surface area (Å²) in [6.45, 7) is -2.38. The molecule has 1 amide bonds. The molecule has 1 aliphatic rings. The number of halogens is 6. The second-order valence-electron chi connectivity index (χ2n) is 9.25. The zero-order chi connectivity index (χ0) is 29.5. The van der Waals surface area contributed by atoms with E-state index in [4.69, 9.17) is 11.6 Å². The van der Waals surface area contributed by atoms with Crippen LogP contribution >= 0.6 is 11.6 Å². The summed E-state index contributed by atoms with van der Waals surface area (Å²) in [6.07, 6.45) is -5.75. The average Bonchev–Trinajstić information content (AvgIpc) is 3.62. The number of aliphatic hydroxyl groups is 1. The Hall–Kier alpha value is -4.18. The molecule has 1 aliphatic heterocycles. The summed E-state index contributed by atoms with van der Waals surface area (Å²) in [5.41, 5.74) is -0.709. The van der Waals surface area contributed by atoms with Crippen molar-refractivity contribution in [2.75, 3.05) is 13.1 Å². The van der Waals surface area contributed by atoms with Crippen LogP contribution in [0, 0.1) is 0 Å². The fraction of sp³-hybridized carbons (Fsp3) is 0.333. The Kier molecular flexibility index (Phi) is 7.37. The minimum atomic E-state index is -4.98. The van der Waals surface area contributed by atoms with Crippen LogP contribution in [0.15, 0.2) is 53.7 Å². The van der Waals surface area contributed by atoms with Crippen molar-refractivity contribution in [1.29, 1.82) is 0 Å². The smallest absolute Gasteiger partial charge is 0.382 e. The molecule has 4 heterocycles. The van der Waals surface area contributed by atoms with Gasteiger partial charge in [0.1, 0.15) is 12.9 Å². The normalized spacial score (nSPS) is 15.8. The Morgan fingerprint density at radius 3 is 2.51 bits per heavy atom. The van der Waals surface area contributed by atoms with Gasteiger partial charge in [0.2, 0.25) is 0 Å². The Bertz CT molecular complexity index is 1630. The van der Waals surface area contributed by atoms with Gasteiger partial charge >= 0.3 is 11.9 Å². The first-order valence-electron chi connectivity index (χ1n) is 12.0. The fourth-order valence-electron chi connectivity index (χ4n) is 4.22. The molecule has 1 saturated heterocycles. The quantitative estimate of drug-likeness (QED) is 0.325. The second kappa shape index (κ2) is 10.7. The molecule has 1 unspecified atom stereocenters. The van der Waals surface area contributed by atoms with E-state index in [-0.39, 0.29) is 41.7 Å².